The average Bonchev–Trinajstić information content (AvgIpc) is 3.41. The van der Waals surface area contributed by atoms with Gasteiger partial charge in [0.2, 0.25) is 5.91 Å². The lowest BCUT2D eigenvalue weighted by Crippen LogP contribution is -2.20. The average molecular weight is 337 g/mol. The van der Waals surface area contributed by atoms with Gasteiger partial charge in [0.1, 0.15) is 0 Å². The zero-order valence-electron chi connectivity index (χ0n) is 14.4. The fourth-order valence-corrected chi connectivity index (χ4v) is 3.10. The standard InChI is InChI=1S/C19H23N5O/c1-12(19(25)22-18-10-17(23-24-18)13-2-3-13)15-4-5-16(21-11-15)14-6-8-20-9-7-14/h4-6,10-13,20H,2-3,7-9H2,1H3,(H2,22,23,24,25). The first-order chi connectivity index (χ1) is 12.2. The maximum Gasteiger partial charge on any atom is 0.232 e. The summed E-state index contributed by atoms with van der Waals surface area (Å²) in [5.41, 5.74) is 4.30. The lowest BCUT2D eigenvalue weighted by atomic mass is 10.00. The predicted octanol–water partition coefficient (Wildman–Crippen LogP) is 2.80. The molecule has 1 saturated carbocycles. The molecule has 1 aliphatic heterocycles. The number of rotatable bonds is 5. The molecule has 3 heterocycles. The summed E-state index contributed by atoms with van der Waals surface area (Å²) in [7, 11) is 0. The molecule has 1 amide bonds. The van der Waals surface area contributed by atoms with Crippen molar-refractivity contribution in [1.29, 1.82) is 0 Å². The van der Waals surface area contributed by atoms with E-state index in [1.54, 1.807) is 0 Å². The number of aromatic nitrogens is 3. The monoisotopic (exact) mass is 337 g/mol. The number of nitrogens with zero attached hydrogens (tertiary/aromatic N) is 2. The minimum absolute atomic E-state index is 0.0653. The molecule has 6 heteroatoms. The van der Waals surface area contributed by atoms with Gasteiger partial charge in [0.25, 0.3) is 0 Å². The molecule has 1 atom stereocenters. The van der Waals surface area contributed by atoms with Crippen molar-refractivity contribution in [2.75, 3.05) is 18.4 Å². The fraction of sp³-hybridized carbons (Fsp3) is 0.421. The van der Waals surface area contributed by atoms with E-state index in [1.807, 2.05) is 31.3 Å². The molecule has 2 aromatic rings. The summed E-state index contributed by atoms with van der Waals surface area (Å²) in [4.78, 5) is 17.0. The Kier molecular flexibility index (Phi) is 4.36. The summed E-state index contributed by atoms with van der Waals surface area (Å²) in [5.74, 6) is 0.855. The van der Waals surface area contributed by atoms with Gasteiger partial charge in [-0.3, -0.25) is 14.9 Å². The second kappa shape index (κ2) is 6.80. The molecule has 6 nitrogen and oxygen atoms in total. The molecule has 1 fully saturated rings. The Morgan fingerprint density at radius 1 is 1.36 bits per heavy atom. The largest absolute Gasteiger partial charge is 0.313 e. The lowest BCUT2D eigenvalue weighted by molar-refractivity contribution is -0.117. The van der Waals surface area contributed by atoms with Crippen LogP contribution in [-0.2, 0) is 4.79 Å². The van der Waals surface area contributed by atoms with E-state index in [0.29, 0.717) is 11.7 Å². The first-order valence-corrected chi connectivity index (χ1v) is 8.93. The Hall–Kier alpha value is -2.47. The molecule has 130 valence electrons. The highest BCUT2D eigenvalue weighted by Gasteiger charge is 2.26. The van der Waals surface area contributed by atoms with Crippen LogP contribution in [0.25, 0.3) is 5.57 Å². The molecule has 0 radical (unpaired) electrons. The van der Waals surface area contributed by atoms with Crippen LogP contribution in [0.5, 0.6) is 0 Å². The van der Waals surface area contributed by atoms with Crippen LogP contribution in [0.4, 0.5) is 5.82 Å². The number of aromatic amines is 1. The van der Waals surface area contributed by atoms with Gasteiger partial charge in [-0.2, -0.15) is 5.10 Å². The van der Waals surface area contributed by atoms with Gasteiger partial charge in [-0.05, 0) is 49.9 Å². The van der Waals surface area contributed by atoms with Crippen LogP contribution in [0.15, 0.2) is 30.5 Å². The summed E-state index contributed by atoms with van der Waals surface area (Å²) < 4.78 is 0. The zero-order valence-corrected chi connectivity index (χ0v) is 14.4. The lowest BCUT2D eigenvalue weighted by Gasteiger charge is -2.15. The highest BCUT2D eigenvalue weighted by Crippen LogP contribution is 2.39. The van der Waals surface area contributed by atoms with Gasteiger partial charge >= 0.3 is 0 Å². The molecule has 2 aromatic heterocycles. The van der Waals surface area contributed by atoms with E-state index in [4.69, 9.17) is 0 Å². The van der Waals surface area contributed by atoms with Gasteiger partial charge in [0.15, 0.2) is 5.82 Å². The van der Waals surface area contributed by atoms with E-state index >= 15 is 0 Å². The van der Waals surface area contributed by atoms with Gasteiger partial charge in [0, 0.05) is 30.4 Å². The molecule has 1 aliphatic carbocycles. The molecule has 0 bridgehead atoms. The SMILES string of the molecule is CC(C(=O)Nc1cc(C2CC2)[nH]n1)c1ccc(C2=CCNCC2)nc1. The van der Waals surface area contributed by atoms with Crippen molar-refractivity contribution >= 4 is 17.3 Å². The topological polar surface area (TPSA) is 82.7 Å². The van der Waals surface area contributed by atoms with Gasteiger partial charge < -0.3 is 10.6 Å². The highest BCUT2D eigenvalue weighted by molar-refractivity contribution is 5.94. The Morgan fingerprint density at radius 3 is 2.92 bits per heavy atom. The van der Waals surface area contributed by atoms with Crippen LogP contribution in [0.3, 0.4) is 0 Å². The summed E-state index contributed by atoms with van der Waals surface area (Å²) in [6, 6.07) is 5.94. The minimum Gasteiger partial charge on any atom is -0.313 e. The molecule has 0 aromatic carbocycles. The molecular formula is C19H23N5O. The summed E-state index contributed by atoms with van der Waals surface area (Å²) in [6.45, 7) is 3.77. The fourth-order valence-electron chi connectivity index (χ4n) is 3.10. The van der Waals surface area contributed by atoms with Crippen LogP contribution in [0.2, 0.25) is 0 Å². The number of carbonyl (C=O) groups is 1. The van der Waals surface area contributed by atoms with Crippen LogP contribution >= 0.6 is 0 Å². The van der Waals surface area contributed by atoms with E-state index in [9.17, 15) is 4.79 Å². The number of carbonyl (C=O) groups excluding carboxylic acids is 1. The maximum absolute atomic E-state index is 12.5. The number of hydrogen-bond donors (Lipinski definition) is 3. The summed E-state index contributed by atoms with van der Waals surface area (Å²) >= 11 is 0. The molecule has 4 rings (SSSR count). The minimum atomic E-state index is -0.273. The van der Waals surface area contributed by atoms with Crippen molar-refractivity contribution in [2.45, 2.75) is 38.0 Å². The third-order valence-corrected chi connectivity index (χ3v) is 4.94. The Labute approximate surface area is 147 Å². The van der Waals surface area contributed by atoms with Crippen molar-refractivity contribution in [1.82, 2.24) is 20.5 Å². The van der Waals surface area contributed by atoms with Crippen molar-refractivity contribution in [3.63, 3.8) is 0 Å². The zero-order chi connectivity index (χ0) is 17.2. The quantitative estimate of drug-likeness (QED) is 0.783. The van der Waals surface area contributed by atoms with Crippen molar-refractivity contribution in [3.8, 4) is 0 Å². The summed E-state index contributed by atoms with van der Waals surface area (Å²) in [5, 5.41) is 13.4. The number of pyridine rings is 1. The normalized spacial score (nSPS) is 18.5. The number of nitrogens with one attached hydrogen (secondary N) is 3. The van der Waals surface area contributed by atoms with E-state index in [1.165, 1.54) is 18.4 Å². The van der Waals surface area contributed by atoms with Crippen molar-refractivity contribution in [3.05, 3.63) is 47.4 Å². The van der Waals surface area contributed by atoms with Gasteiger partial charge in [-0.15, -0.1) is 0 Å². The molecule has 2 aliphatic rings. The number of anilines is 1. The first-order valence-electron chi connectivity index (χ1n) is 8.93. The van der Waals surface area contributed by atoms with Gasteiger partial charge in [-0.25, -0.2) is 0 Å². The van der Waals surface area contributed by atoms with Gasteiger partial charge in [-0.1, -0.05) is 12.1 Å². The Bertz CT molecular complexity index is 788. The first kappa shape index (κ1) is 16.0. The number of hydrogen-bond acceptors (Lipinski definition) is 4. The molecule has 3 N–H and O–H groups in total. The van der Waals surface area contributed by atoms with Crippen LogP contribution in [-0.4, -0.2) is 34.2 Å². The van der Waals surface area contributed by atoms with Crippen LogP contribution in [0.1, 0.15) is 55.0 Å². The number of H-pyrrole nitrogens is 1. The van der Waals surface area contributed by atoms with E-state index in [0.717, 1.165) is 36.5 Å². The van der Waals surface area contributed by atoms with E-state index < -0.39 is 0 Å². The molecular weight excluding hydrogens is 314 g/mol. The maximum atomic E-state index is 12.5. The second-order valence-electron chi connectivity index (χ2n) is 6.85. The third kappa shape index (κ3) is 3.64. The summed E-state index contributed by atoms with van der Waals surface area (Å²) in [6.07, 6.45) is 7.39. The van der Waals surface area contributed by atoms with Crippen molar-refractivity contribution in [2.24, 2.45) is 0 Å². The molecule has 0 spiro atoms. The second-order valence-corrected chi connectivity index (χ2v) is 6.85. The van der Waals surface area contributed by atoms with E-state index in [-0.39, 0.29) is 11.8 Å². The predicted molar refractivity (Wildman–Crippen MR) is 97.3 cm³/mol. The van der Waals surface area contributed by atoms with Crippen molar-refractivity contribution < 1.29 is 4.79 Å². The van der Waals surface area contributed by atoms with Gasteiger partial charge in [0.05, 0.1) is 11.6 Å². The van der Waals surface area contributed by atoms with Crippen LogP contribution < -0.4 is 10.6 Å². The van der Waals surface area contributed by atoms with Crippen LogP contribution in [0, 0.1) is 0 Å². The smallest absolute Gasteiger partial charge is 0.232 e. The molecule has 1 unspecified atom stereocenters. The Morgan fingerprint density at radius 2 is 2.24 bits per heavy atom. The number of amides is 1. The highest BCUT2D eigenvalue weighted by atomic mass is 16.1. The third-order valence-electron chi connectivity index (χ3n) is 4.94. The molecule has 0 saturated heterocycles. The molecule has 25 heavy (non-hydrogen) atoms. The van der Waals surface area contributed by atoms with E-state index in [2.05, 4.69) is 31.9 Å². The Balaban J connectivity index is 1.41.